The zero-order valence-corrected chi connectivity index (χ0v) is 13.2. The van der Waals surface area contributed by atoms with Gasteiger partial charge in [-0.3, -0.25) is 0 Å². The Morgan fingerprint density at radius 2 is 1.95 bits per heavy atom. The zero-order valence-electron chi connectivity index (χ0n) is 13.2. The van der Waals surface area contributed by atoms with Crippen LogP contribution in [-0.4, -0.2) is 41.8 Å². The molecule has 0 saturated carbocycles. The molecule has 19 heavy (non-hydrogen) atoms. The lowest BCUT2D eigenvalue weighted by Gasteiger charge is -2.34. The van der Waals surface area contributed by atoms with Gasteiger partial charge in [0.05, 0.1) is 0 Å². The predicted octanol–water partition coefficient (Wildman–Crippen LogP) is 3.16. The van der Waals surface area contributed by atoms with Gasteiger partial charge in [0, 0.05) is 25.2 Å². The summed E-state index contributed by atoms with van der Waals surface area (Å²) in [4.78, 5) is 13.8. The van der Waals surface area contributed by atoms with Gasteiger partial charge in [0.1, 0.15) is 5.60 Å². The Hall–Kier alpha value is -0.770. The first kappa shape index (κ1) is 16.3. The van der Waals surface area contributed by atoms with Crippen molar-refractivity contribution in [3.63, 3.8) is 0 Å². The second-order valence-corrected chi connectivity index (χ2v) is 6.60. The quantitative estimate of drug-likeness (QED) is 0.853. The zero-order chi connectivity index (χ0) is 14.5. The summed E-state index contributed by atoms with van der Waals surface area (Å²) in [6.07, 6.45) is 4.30. The highest BCUT2D eigenvalue weighted by Gasteiger charge is 2.27. The lowest BCUT2D eigenvalue weighted by Crippen LogP contribution is -2.48. The molecule has 1 heterocycles. The molecule has 1 saturated heterocycles. The Labute approximate surface area is 117 Å². The van der Waals surface area contributed by atoms with Gasteiger partial charge in [-0.15, -0.1) is 0 Å². The van der Waals surface area contributed by atoms with Crippen LogP contribution >= 0.6 is 0 Å². The van der Waals surface area contributed by atoms with Crippen LogP contribution in [-0.2, 0) is 4.74 Å². The molecule has 1 N–H and O–H groups in total. The average Bonchev–Trinajstić information content (AvgIpc) is 2.27. The third kappa shape index (κ3) is 6.28. The molecule has 4 heteroatoms. The van der Waals surface area contributed by atoms with E-state index in [0.717, 1.165) is 25.9 Å². The third-order valence-corrected chi connectivity index (χ3v) is 3.39. The summed E-state index contributed by atoms with van der Waals surface area (Å²) in [7, 11) is 0. The molecule has 1 aliphatic rings. The van der Waals surface area contributed by atoms with Gasteiger partial charge in [-0.1, -0.05) is 13.3 Å². The topological polar surface area (TPSA) is 41.6 Å². The SMILES string of the molecule is CCCC(C)NC1CCN(C(=O)OC(C)(C)C)CC1. The van der Waals surface area contributed by atoms with Crippen molar-refractivity contribution in [2.45, 2.75) is 78.0 Å². The first-order valence-corrected chi connectivity index (χ1v) is 7.55. The van der Waals surface area contributed by atoms with E-state index in [9.17, 15) is 4.79 Å². The number of carbonyl (C=O) groups excluding carboxylic acids is 1. The largest absolute Gasteiger partial charge is 0.444 e. The highest BCUT2D eigenvalue weighted by atomic mass is 16.6. The Kier molecular flexibility index (Phi) is 6.11. The number of rotatable bonds is 4. The molecule has 0 aromatic carbocycles. The highest BCUT2D eigenvalue weighted by molar-refractivity contribution is 5.68. The van der Waals surface area contributed by atoms with Crippen molar-refractivity contribution in [1.29, 1.82) is 0 Å². The van der Waals surface area contributed by atoms with Crippen LogP contribution in [0.2, 0.25) is 0 Å². The van der Waals surface area contributed by atoms with Crippen molar-refractivity contribution in [3.8, 4) is 0 Å². The summed E-state index contributed by atoms with van der Waals surface area (Å²) in [5.41, 5.74) is -0.401. The van der Waals surface area contributed by atoms with Crippen LogP contribution in [0.25, 0.3) is 0 Å². The summed E-state index contributed by atoms with van der Waals surface area (Å²) in [6.45, 7) is 11.8. The molecule has 1 rings (SSSR count). The van der Waals surface area contributed by atoms with Crippen LogP contribution < -0.4 is 5.32 Å². The minimum atomic E-state index is -0.401. The van der Waals surface area contributed by atoms with E-state index in [4.69, 9.17) is 4.74 Å². The van der Waals surface area contributed by atoms with Gasteiger partial charge in [0.15, 0.2) is 0 Å². The van der Waals surface area contributed by atoms with Crippen LogP contribution in [0.5, 0.6) is 0 Å². The van der Waals surface area contributed by atoms with E-state index in [1.165, 1.54) is 12.8 Å². The molecule has 0 spiro atoms. The Morgan fingerprint density at radius 3 is 2.42 bits per heavy atom. The van der Waals surface area contributed by atoms with Crippen LogP contribution in [0.15, 0.2) is 0 Å². The van der Waals surface area contributed by atoms with E-state index in [1.807, 2.05) is 25.7 Å². The first-order chi connectivity index (χ1) is 8.81. The number of nitrogens with one attached hydrogen (secondary N) is 1. The van der Waals surface area contributed by atoms with Gasteiger partial charge < -0.3 is 15.0 Å². The number of hydrogen-bond acceptors (Lipinski definition) is 3. The maximum Gasteiger partial charge on any atom is 0.410 e. The number of amides is 1. The van der Waals surface area contributed by atoms with Gasteiger partial charge in [0.2, 0.25) is 0 Å². The van der Waals surface area contributed by atoms with E-state index in [2.05, 4.69) is 19.2 Å². The van der Waals surface area contributed by atoms with Crippen LogP contribution in [0, 0.1) is 0 Å². The molecule has 1 fully saturated rings. The second kappa shape index (κ2) is 7.13. The average molecular weight is 270 g/mol. The minimum absolute atomic E-state index is 0.174. The van der Waals surface area contributed by atoms with Crippen molar-refractivity contribution < 1.29 is 9.53 Å². The summed E-state index contributed by atoms with van der Waals surface area (Å²) in [5, 5.41) is 3.65. The molecule has 0 aromatic heterocycles. The fraction of sp³-hybridized carbons (Fsp3) is 0.933. The number of piperidine rings is 1. The monoisotopic (exact) mass is 270 g/mol. The summed E-state index contributed by atoms with van der Waals surface area (Å²) < 4.78 is 5.40. The molecule has 1 atom stereocenters. The summed E-state index contributed by atoms with van der Waals surface area (Å²) >= 11 is 0. The van der Waals surface area contributed by atoms with Gasteiger partial charge >= 0.3 is 6.09 Å². The van der Waals surface area contributed by atoms with Crippen molar-refractivity contribution in [2.24, 2.45) is 0 Å². The van der Waals surface area contributed by atoms with Crippen molar-refractivity contribution in [1.82, 2.24) is 10.2 Å². The van der Waals surface area contributed by atoms with Crippen LogP contribution in [0.1, 0.15) is 60.3 Å². The fourth-order valence-electron chi connectivity index (χ4n) is 2.47. The van der Waals surface area contributed by atoms with Gasteiger partial charge in [-0.25, -0.2) is 4.79 Å². The normalized spacial score (nSPS) is 19.3. The standard InChI is InChI=1S/C15H30N2O2/c1-6-7-12(2)16-13-8-10-17(11-9-13)14(18)19-15(3,4)5/h12-13,16H,6-11H2,1-5H3. The van der Waals surface area contributed by atoms with Crippen LogP contribution in [0.3, 0.4) is 0 Å². The summed E-state index contributed by atoms with van der Waals surface area (Å²) in [6, 6.07) is 1.11. The van der Waals surface area contributed by atoms with Crippen molar-refractivity contribution in [2.75, 3.05) is 13.1 Å². The molecule has 0 bridgehead atoms. The molecular formula is C15H30N2O2. The highest BCUT2D eigenvalue weighted by Crippen LogP contribution is 2.16. The summed E-state index contributed by atoms with van der Waals surface area (Å²) in [5.74, 6) is 0. The Bertz CT molecular complexity index is 278. The minimum Gasteiger partial charge on any atom is -0.444 e. The van der Waals surface area contributed by atoms with Crippen molar-refractivity contribution in [3.05, 3.63) is 0 Å². The van der Waals surface area contributed by atoms with E-state index >= 15 is 0 Å². The van der Waals surface area contributed by atoms with Crippen molar-refractivity contribution >= 4 is 6.09 Å². The molecule has 1 unspecified atom stereocenters. The first-order valence-electron chi connectivity index (χ1n) is 7.55. The molecule has 112 valence electrons. The van der Waals surface area contributed by atoms with Gasteiger partial charge in [-0.2, -0.15) is 0 Å². The lowest BCUT2D eigenvalue weighted by molar-refractivity contribution is 0.0196. The van der Waals surface area contributed by atoms with Crippen LogP contribution in [0.4, 0.5) is 4.79 Å². The van der Waals surface area contributed by atoms with Gasteiger partial charge in [-0.05, 0) is 47.0 Å². The number of likely N-dealkylation sites (tertiary alicyclic amines) is 1. The second-order valence-electron chi connectivity index (χ2n) is 6.60. The molecule has 4 nitrogen and oxygen atoms in total. The van der Waals surface area contributed by atoms with E-state index in [0.29, 0.717) is 12.1 Å². The predicted molar refractivity (Wildman–Crippen MR) is 78.3 cm³/mol. The Balaban J connectivity index is 2.30. The van der Waals surface area contributed by atoms with Gasteiger partial charge in [0.25, 0.3) is 0 Å². The molecule has 0 aromatic rings. The molecule has 1 amide bonds. The number of ether oxygens (including phenoxy) is 1. The van der Waals surface area contributed by atoms with E-state index in [1.54, 1.807) is 0 Å². The molecule has 1 aliphatic heterocycles. The number of carbonyl (C=O) groups is 1. The lowest BCUT2D eigenvalue weighted by atomic mass is 10.0. The maximum atomic E-state index is 11.9. The number of nitrogens with zero attached hydrogens (tertiary/aromatic N) is 1. The van der Waals surface area contributed by atoms with E-state index in [-0.39, 0.29) is 6.09 Å². The Morgan fingerprint density at radius 1 is 1.37 bits per heavy atom. The molecule has 0 radical (unpaired) electrons. The maximum absolute atomic E-state index is 11.9. The number of hydrogen-bond donors (Lipinski definition) is 1. The third-order valence-electron chi connectivity index (χ3n) is 3.39. The fourth-order valence-corrected chi connectivity index (χ4v) is 2.47. The molecule has 0 aliphatic carbocycles. The van der Waals surface area contributed by atoms with E-state index < -0.39 is 5.60 Å². The smallest absolute Gasteiger partial charge is 0.410 e. The molecular weight excluding hydrogens is 240 g/mol.